The number of carbonyl (C=O) groups is 2. The molecule has 0 aromatic heterocycles. The topological polar surface area (TPSA) is 142 Å². The van der Waals surface area contributed by atoms with E-state index in [1.807, 2.05) is 40.7 Å². The third-order valence-corrected chi connectivity index (χ3v) is 10.1. The number of epoxide rings is 1. The molecule has 10 atom stereocenters. The van der Waals surface area contributed by atoms with Crippen molar-refractivity contribution in [1.82, 2.24) is 9.80 Å². The van der Waals surface area contributed by atoms with Crippen molar-refractivity contribution >= 4 is 12.1 Å². The molecular weight excluding hydrogens is 604 g/mol. The van der Waals surface area contributed by atoms with E-state index in [9.17, 15) is 24.9 Å². The molecule has 3 N–H and O–H groups in total. The Labute approximate surface area is 281 Å². The summed E-state index contributed by atoms with van der Waals surface area (Å²) in [5, 5.41) is 31.9. The Bertz CT molecular complexity index is 1120. The monoisotopic (exact) mass is 664 g/mol. The van der Waals surface area contributed by atoms with Crippen LogP contribution in [0.1, 0.15) is 80.6 Å². The standard InChI is InChI=1S/C36H60N2O9/c1-9-28(40)26(5)33-29(45-33)23-35(6,43)16-11-12-24(3)32-25(4)13-14-30(46-34(42)38-20-18-37(10-2)19-21-38)36(7,44-8)17-15-27(39)22-31(41)47-32/h11-14,16,25-30,32-33,39-40,43H,9-10,15,17-23H2,1-8H3/b14-13-,16-11+,24-12+. The molecule has 0 aromatic carbocycles. The number of rotatable bonds is 11. The molecule has 0 bridgehead atoms. The molecule has 2 fully saturated rings. The minimum absolute atomic E-state index is 0.00263. The van der Waals surface area contributed by atoms with Gasteiger partial charge < -0.3 is 44.1 Å². The average molecular weight is 665 g/mol. The van der Waals surface area contributed by atoms with Gasteiger partial charge in [0.25, 0.3) is 0 Å². The van der Waals surface area contributed by atoms with Gasteiger partial charge in [0.2, 0.25) is 0 Å². The zero-order chi connectivity index (χ0) is 34.9. The van der Waals surface area contributed by atoms with Crippen molar-refractivity contribution in [3.8, 4) is 0 Å². The van der Waals surface area contributed by atoms with Crippen molar-refractivity contribution in [2.75, 3.05) is 39.8 Å². The summed E-state index contributed by atoms with van der Waals surface area (Å²) in [7, 11) is 1.56. The zero-order valence-electron chi connectivity index (χ0n) is 29.8. The van der Waals surface area contributed by atoms with E-state index in [4.69, 9.17) is 18.9 Å². The molecule has 0 radical (unpaired) electrons. The number of methoxy groups -OCH3 is 1. The maximum absolute atomic E-state index is 13.3. The Balaban J connectivity index is 1.77. The van der Waals surface area contributed by atoms with Gasteiger partial charge in [0.1, 0.15) is 11.7 Å². The summed E-state index contributed by atoms with van der Waals surface area (Å²) < 4.78 is 23.6. The van der Waals surface area contributed by atoms with E-state index >= 15 is 0 Å². The van der Waals surface area contributed by atoms with Crippen LogP contribution in [-0.2, 0) is 23.7 Å². The lowest BCUT2D eigenvalue weighted by atomic mass is 9.88. The summed E-state index contributed by atoms with van der Waals surface area (Å²) in [5.74, 6) is -0.832. The lowest BCUT2D eigenvalue weighted by molar-refractivity contribution is -0.151. The number of cyclic esters (lactones) is 1. The van der Waals surface area contributed by atoms with Crippen molar-refractivity contribution in [2.24, 2.45) is 11.8 Å². The van der Waals surface area contributed by atoms with E-state index in [1.165, 1.54) is 0 Å². The van der Waals surface area contributed by atoms with Crippen LogP contribution in [0.5, 0.6) is 0 Å². The van der Waals surface area contributed by atoms with Crippen LogP contribution < -0.4 is 0 Å². The average Bonchev–Trinajstić information content (AvgIpc) is 3.80. The molecule has 268 valence electrons. The minimum Gasteiger partial charge on any atom is -0.457 e. The van der Waals surface area contributed by atoms with Crippen LogP contribution in [0.4, 0.5) is 4.79 Å². The number of piperazine rings is 1. The van der Waals surface area contributed by atoms with Gasteiger partial charge in [0.15, 0.2) is 6.10 Å². The van der Waals surface area contributed by atoms with E-state index in [1.54, 1.807) is 43.2 Å². The first-order chi connectivity index (χ1) is 22.1. The molecule has 11 nitrogen and oxygen atoms in total. The highest BCUT2D eigenvalue weighted by Crippen LogP contribution is 2.37. The van der Waals surface area contributed by atoms with Gasteiger partial charge in [-0.15, -0.1) is 0 Å². The lowest BCUT2D eigenvalue weighted by Crippen LogP contribution is -2.51. The molecule has 1 amide bonds. The number of aliphatic hydroxyl groups excluding tert-OH is 2. The molecule has 0 saturated carbocycles. The second-order valence-electron chi connectivity index (χ2n) is 14.1. The first kappa shape index (κ1) is 39.2. The van der Waals surface area contributed by atoms with Crippen molar-refractivity contribution in [3.05, 3.63) is 36.0 Å². The number of esters is 1. The van der Waals surface area contributed by atoms with Crippen molar-refractivity contribution < 1.29 is 43.9 Å². The van der Waals surface area contributed by atoms with Gasteiger partial charge in [0, 0.05) is 51.5 Å². The zero-order valence-corrected chi connectivity index (χ0v) is 29.8. The molecule has 0 spiro atoms. The highest BCUT2D eigenvalue weighted by atomic mass is 16.6. The second-order valence-corrected chi connectivity index (χ2v) is 14.1. The Morgan fingerprint density at radius 3 is 2.53 bits per heavy atom. The van der Waals surface area contributed by atoms with Gasteiger partial charge in [-0.2, -0.15) is 0 Å². The number of allylic oxidation sites excluding steroid dienone is 2. The predicted molar refractivity (Wildman–Crippen MR) is 180 cm³/mol. The fourth-order valence-electron chi connectivity index (χ4n) is 6.44. The van der Waals surface area contributed by atoms with E-state index < -0.39 is 47.7 Å². The lowest BCUT2D eigenvalue weighted by Gasteiger charge is -2.38. The van der Waals surface area contributed by atoms with E-state index in [0.717, 1.165) is 25.2 Å². The van der Waals surface area contributed by atoms with E-state index in [2.05, 4.69) is 11.8 Å². The fourth-order valence-corrected chi connectivity index (χ4v) is 6.44. The minimum atomic E-state index is -1.14. The molecule has 3 heterocycles. The third kappa shape index (κ3) is 11.4. The molecule has 47 heavy (non-hydrogen) atoms. The van der Waals surface area contributed by atoms with Crippen LogP contribution in [0.3, 0.4) is 0 Å². The number of ether oxygens (including phenoxy) is 4. The van der Waals surface area contributed by atoms with Gasteiger partial charge in [-0.25, -0.2) is 4.79 Å². The highest BCUT2D eigenvalue weighted by molar-refractivity contribution is 5.70. The number of hydrogen-bond donors (Lipinski definition) is 3. The van der Waals surface area contributed by atoms with Crippen LogP contribution in [0.15, 0.2) is 36.0 Å². The molecule has 2 saturated heterocycles. The number of nitrogens with zero attached hydrogens (tertiary/aromatic N) is 2. The summed E-state index contributed by atoms with van der Waals surface area (Å²) in [6.45, 7) is 17.0. The van der Waals surface area contributed by atoms with Gasteiger partial charge in [-0.05, 0) is 58.2 Å². The Morgan fingerprint density at radius 1 is 1.23 bits per heavy atom. The molecule has 10 unspecified atom stereocenters. The van der Waals surface area contributed by atoms with Gasteiger partial charge in [-0.3, -0.25) is 4.79 Å². The number of likely N-dealkylation sites (N-methyl/N-ethyl adjacent to an activating group) is 1. The number of hydrogen-bond acceptors (Lipinski definition) is 10. The van der Waals surface area contributed by atoms with Crippen LogP contribution in [0.2, 0.25) is 0 Å². The van der Waals surface area contributed by atoms with Crippen LogP contribution in [-0.4, -0.2) is 125 Å². The highest BCUT2D eigenvalue weighted by Gasteiger charge is 2.47. The first-order valence-corrected chi connectivity index (χ1v) is 17.3. The molecular formula is C36H60N2O9. The predicted octanol–water partition coefficient (Wildman–Crippen LogP) is 4.00. The van der Waals surface area contributed by atoms with Crippen LogP contribution in [0, 0.1) is 11.8 Å². The number of amides is 1. The van der Waals surface area contributed by atoms with Crippen LogP contribution in [0.25, 0.3) is 0 Å². The van der Waals surface area contributed by atoms with Crippen LogP contribution >= 0.6 is 0 Å². The van der Waals surface area contributed by atoms with E-state index in [-0.39, 0.29) is 36.9 Å². The van der Waals surface area contributed by atoms with Crippen molar-refractivity contribution in [2.45, 2.75) is 128 Å². The summed E-state index contributed by atoms with van der Waals surface area (Å²) in [6.07, 6.45) is 7.00. The first-order valence-electron chi connectivity index (χ1n) is 17.3. The number of aliphatic hydroxyl groups is 3. The molecule has 3 rings (SSSR count). The molecule has 3 aliphatic rings. The third-order valence-electron chi connectivity index (χ3n) is 10.1. The number of carbonyl (C=O) groups excluding carboxylic acids is 2. The second kappa shape index (κ2) is 17.4. The quantitative estimate of drug-likeness (QED) is 0.128. The summed E-state index contributed by atoms with van der Waals surface area (Å²) >= 11 is 0. The maximum atomic E-state index is 13.3. The van der Waals surface area contributed by atoms with E-state index in [0.29, 0.717) is 32.4 Å². The fraction of sp³-hybridized carbons (Fsp3) is 0.778. The van der Waals surface area contributed by atoms with Crippen molar-refractivity contribution in [3.63, 3.8) is 0 Å². The smallest absolute Gasteiger partial charge is 0.410 e. The SMILES string of the molecule is CCC(O)C(C)C1OC1CC(C)(O)/C=C/C=C(\C)C1OC(=O)CC(O)CCC(C)(OC)C(OC(=O)N2CCN(CC)CC2)/C=C\C1C. The normalized spacial score (nSPS) is 34.8. The molecule has 11 heteroatoms. The van der Waals surface area contributed by atoms with Crippen molar-refractivity contribution in [1.29, 1.82) is 0 Å². The molecule has 0 aromatic rings. The Hall–Kier alpha value is -2.28. The Kier molecular flexibility index (Phi) is 14.5. The summed E-state index contributed by atoms with van der Waals surface area (Å²) in [6, 6.07) is 0. The van der Waals surface area contributed by atoms with Gasteiger partial charge in [-0.1, -0.05) is 52.0 Å². The molecule has 3 aliphatic heterocycles. The van der Waals surface area contributed by atoms with Gasteiger partial charge >= 0.3 is 12.1 Å². The summed E-state index contributed by atoms with van der Waals surface area (Å²) in [4.78, 5) is 30.2. The maximum Gasteiger partial charge on any atom is 0.410 e. The Morgan fingerprint density at radius 2 is 1.91 bits per heavy atom. The van der Waals surface area contributed by atoms with Gasteiger partial charge in [0.05, 0.1) is 36.4 Å². The molecule has 0 aliphatic carbocycles. The summed E-state index contributed by atoms with van der Waals surface area (Å²) in [5.41, 5.74) is -1.34. The largest absolute Gasteiger partial charge is 0.457 e.